The lowest BCUT2D eigenvalue weighted by Gasteiger charge is -2.08. The lowest BCUT2D eigenvalue weighted by atomic mass is 10.3. The number of fused-ring (bicyclic) bond motifs is 1. The molecule has 25 heavy (non-hydrogen) atoms. The predicted molar refractivity (Wildman–Crippen MR) is 91.7 cm³/mol. The minimum absolute atomic E-state index is 0.0698. The first-order chi connectivity index (χ1) is 12.0. The first-order valence-electron chi connectivity index (χ1n) is 7.08. The van der Waals surface area contributed by atoms with Gasteiger partial charge >= 0.3 is 0 Å². The summed E-state index contributed by atoms with van der Waals surface area (Å²) in [6.07, 6.45) is 0. The van der Waals surface area contributed by atoms with Crippen molar-refractivity contribution in [2.75, 3.05) is 5.75 Å². The number of imidazole rings is 1. The van der Waals surface area contributed by atoms with Crippen LogP contribution in [0.5, 0.6) is 0 Å². The number of benzene rings is 2. The van der Waals surface area contributed by atoms with Crippen molar-refractivity contribution < 1.29 is 17.6 Å². The molecule has 130 valence electrons. The average molecular weight is 380 g/mol. The van der Waals surface area contributed by atoms with Crippen molar-refractivity contribution >= 4 is 38.7 Å². The standard InChI is InChI=1S/C15H13FN4O3S2/c16-10-5-1-4-8-13(10)25(22,23)20-19-14(21)9-24-15-17-11-6-2-3-7-12(11)18-15/h1-8,20H,9H2,(H,17,18)(H,19,21). The summed E-state index contributed by atoms with van der Waals surface area (Å²) < 4.78 is 37.4. The Morgan fingerprint density at radius 2 is 1.88 bits per heavy atom. The van der Waals surface area contributed by atoms with Gasteiger partial charge in [0.05, 0.1) is 16.8 Å². The first-order valence-corrected chi connectivity index (χ1v) is 9.55. The zero-order valence-corrected chi connectivity index (χ0v) is 14.3. The van der Waals surface area contributed by atoms with Crippen LogP contribution in [0.25, 0.3) is 11.0 Å². The number of nitrogens with zero attached hydrogens (tertiary/aromatic N) is 1. The molecule has 0 radical (unpaired) electrons. The third-order valence-electron chi connectivity index (χ3n) is 3.16. The van der Waals surface area contributed by atoms with Crippen LogP contribution >= 0.6 is 11.8 Å². The van der Waals surface area contributed by atoms with Crippen LogP contribution in [0.4, 0.5) is 4.39 Å². The minimum Gasteiger partial charge on any atom is -0.333 e. The maximum Gasteiger partial charge on any atom is 0.260 e. The Morgan fingerprint density at radius 1 is 1.16 bits per heavy atom. The number of thioether (sulfide) groups is 1. The van der Waals surface area contributed by atoms with Crippen LogP contribution in [0.15, 0.2) is 58.6 Å². The molecule has 3 aromatic rings. The summed E-state index contributed by atoms with van der Waals surface area (Å²) in [5.74, 6) is -1.56. The van der Waals surface area contributed by atoms with Crippen molar-refractivity contribution in [3.63, 3.8) is 0 Å². The molecule has 1 amide bonds. The van der Waals surface area contributed by atoms with Gasteiger partial charge in [0.2, 0.25) is 5.91 Å². The molecule has 3 rings (SSSR count). The highest BCUT2D eigenvalue weighted by Crippen LogP contribution is 2.18. The third-order valence-corrected chi connectivity index (χ3v) is 5.31. The van der Waals surface area contributed by atoms with E-state index in [-0.39, 0.29) is 5.75 Å². The molecular weight excluding hydrogens is 367 g/mol. The number of carbonyl (C=O) groups is 1. The number of nitrogens with one attached hydrogen (secondary N) is 3. The fourth-order valence-electron chi connectivity index (χ4n) is 2.01. The SMILES string of the molecule is O=C(CSc1nc2ccccc2[nH]1)NNS(=O)(=O)c1ccccc1F. The smallest absolute Gasteiger partial charge is 0.260 e. The van der Waals surface area contributed by atoms with Crippen LogP contribution in [-0.2, 0) is 14.8 Å². The fourth-order valence-corrected chi connectivity index (χ4v) is 3.64. The van der Waals surface area contributed by atoms with E-state index in [1.165, 1.54) is 12.1 Å². The van der Waals surface area contributed by atoms with Crippen molar-refractivity contribution in [2.45, 2.75) is 10.1 Å². The molecule has 1 heterocycles. The molecule has 0 spiro atoms. The van der Waals surface area contributed by atoms with Crippen molar-refractivity contribution in [1.82, 2.24) is 20.2 Å². The van der Waals surface area contributed by atoms with Crippen LogP contribution in [0.1, 0.15) is 0 Å². The summed E-state index contributed by atoms with van der Waals surface area (Å²) in [4.78, 5) is 20.5. The summed E-state index contributed by atoms with van der Waals surface area (Å²) in [6.45, 7) is 0. The number of halogens is 1. The van der Waals surface area contributed by atoms with Gasteiger partial charge in [0.15, 0.2) is 5.16 Å². The number of hydrogen-bond donors (Lipinski definition) is 3. The van der Waals surface area contributed by atoms with E-state index >= 15 is 0 Å². The Hall–Kier alpha value is -2.43. The van der Waals surface area contributed by atoms with E-state index in [4.69, 9.17) is 0 Å². The van der Waals surface area contributed by atoms with Gasteiger partial charge in [0, 0.05) is 0 Å². The van der Waals surface area contributed by atoms with E-state index in [0.717, 1.165) is 34.9 Å². The summed E-state index contributed by atoms with van der Waals surface area (Å²) >= 11 is 1.12. The number of carbonyl (C=O) groups excluding carboxylic acids is 1. The van der Waals surface area contributed by atoms with Crippen LogP contribution in [0.2, 0.25) is 0 Å². The zero-order valence-electron chi connectivity index (χ0n) is 12.7. The molecule has 0 saturated heterocycles. The van der Waals surface area contributed by atoms with Gasteiger partial charge in [0.25, 0.3) is 10.0 Å². The summed E-state index contributed by atoms with van der Waals surface area (Å²) in [5.41, 5.74) is 3.65. The Bertz CT molecular complexity index is 987. The van der Waals surface area contributed by atoms with Gasteiger partial charge in [-0.2, -0.15) is 0 Å². The normalized spacial score (nSPS) is 11.6. The van der Waals surface area contributed by atoms with Gasteiger partial charge in [-0.05, 0) is 24.3 Å². The second-order valence-electron chi connectivity index (χ2n) is 4.93. The lowest BCUT2D eigenvalue weighted by Crippen LogP contribution is -2.42. The summed E-state index contributed by atoms with van der Waals surface area (Å²) in [7, 11) is -4.18. The van der Waals surface area contributed by atoms with Crippen molar-refractivity contribution in [3.05, 3.63) is 54.3 Å². The van der Waals surface area contributed by atoms with Gasteiger partial charge in [0.1, 0.15) is 10.7 Å². The zero-order chi connectivity index (χ0) is 17.9. The molecule has 0 aliphatic heterocycles. The maximum atomic E-state index is 13.5. The second kappa shape index (κ2) is 7.21. The lowest BCUT2D eigenvalue weighted by molar-refractivity contribution is -0.119. The highest BCUT2D eigenvalue weighted by molar-refractivity contribution is 7.99. The molecule has 0 aliphatic carbocycles. The van der Waals surface area contributed by atoms with Crippen LogP contribution < -0.4 is 10.3 Å². The Morgan fingerprint density at radius 3 is 2.64 bits per heavy atom. The van der Waals surface area contributed by atoms with Crippen LogP contribution in [0, 0.1) is 5.82 Å². The van der Waals surface area contributed by atoms with Crippen molar-refractivity contribution in [3.8, 4) is 0 Å². The number of rotatable bonds is 6. The van der Waals surface area contributed by atoms with Crippen LogP contribution in [0.3, 0.4) is 0 Å². The second-order valence-corrected chi connectivity index (χ2v) is 7.55. The highest BCUT2D eigenvalue weighted by atomic mass is 32.2. The van der Waals surface area contributed by atoms with Gasteiger partial charge in [-0.15, -0.1) is 4.83 Å². The monoisotopic (exact) mass is 380 g/mol. The molecule has 0 atom stereocenters. The van der Waals surface area contributed by atoms with E-state index in [1.807, 2.05) is 34.5 Å². The Balaban J connectivity index is 1.57. The van der Waals surface area contributed by atoms with E-state index in [1.54, 1.807) is 0 Å². The Labute approximate surface area is 147 Å². The quantitative estimate of drug-likeness (QED) is 0.447. The number of hydrazine groups is 1. The molecule has 1 aromatic heterocycles. The van der Waals surface area contributed by atoms with E-state index in [2.05, 4.69) is 9.97 Å². The van der Waals surface area contributed by atoms with Crippen LogP contribution in [-0.4, -0.2) is 30.0 Å². The average Bonchev–Trinajstić information content (AvgIpc) is 3.01. The fraction of sp³-hybridized carbons (Fsp3) is 0.0667. The van der Waals surface area contributed by atoms with Crippen molar-refractivity contribution in [2.24, 2.45) is 0 Å². The number of aromatic amines is 1. The molecule has 0 bridgehead atoms. The number of aromatic nitrogens is 2. The van der Waals surface area contributed by atoms with Crippen molar-refractivity contribution in [1.29, 1.82) is 0 Å². The van der Waals surface area contributed by atoms with Gasteiger partial charge in [-0.1, -0.05) is 36.0 Å². The molecular formula is C15H13FN4O3S2. The van der Waals surface area contributed by atoms with Gasteiger partial charge in [-0.3, -0.25) is 10.2 Å². The number of H-pyrrole nitrogens is 1. The van der Waals surface area contributed by atoms with E-state index in [0.29, 0.717) is 5.16 Å². The third kappa shape index (κ3) is 4.16. The van der Waals surface area contributed by atoms with E-state index in [9.17, 15) is 17.6 Å². The summed E-state index contributed by atoms with van der Waals surface area (Å²) in [6, 6.07) is 12.3. The first kappa shape index (κ1) is 17.4. The largest absolute Gasteiger partial charge is 0.333 e. The molecule has 0 fully saturated rings. The maximum absolute atomic E-state index is 13.5. The topological polar surface area (TPSA) is 104 Å². The molecule has 3 N–H and O–H groups in total. The number of amides is 1. The molecule has 0 aliphatic rings. The molecule has 10 heteroatoms. The Kier molecular flexibility index (Phi) is 5.02. The molecule has 0 unspecified atom stereocenters. The molecule has 0 saturated carbocycles. The molecule has 7 nitrogen and oxygen atoms in total. The number of para-hydroxylation sites is 2. The number of sulfonamides is 1. The predicted octanol–water partition coefficient (Wildman–Crippen LogP) is 1.80. The molecule has 2 aromatic carbocycles. The van der Waals surface area contributed by atoms with Gasteiger partial charge in [-0.25, -0.2) is 17.8 Å². The van der Waals surface area contributed by atoms with Gasteiger partial charge < -0.3 is 4.98 Å². The van der Waals surface area contributed by atoms with E-state index < -0.39 is 26.6 Å². The summed E-state index contributed by atoms with van der Waals surface area (Å²) in [5, 5.41) is 0.535. The highest BCUT2D eigenvalue weighted by Gasteiger charge is 2.19. The minimum atomic E-state index is -4.18. The number of hydrogen-bond acceptors (Lipinski definition) is 5.